The summed E-state index contributed by atoms with van der Waals surface area (Å²) in [6.07, 6.45) is 7.18. The summed E-state index contributed by atoms with van der Waals surface area (Å²) in [5, 5.41) is 0. The van der Waals surface area contributed by atoms with Gasteiger partial charge in [0.1, 0.15) is 23.3 Å². The molecule has 182 valence electrons. The van der Waals surface area contributed by atoms with Crippen molar-refractivity contribution in [1.29, 1.82) is 0 Å². The topological polar surface area (TPSA) is 58.0 Å². The van der Waals surface area contributed by atoms with Gasteiger partial charge in [-0.1, -0.05) is 48.5 Å². The van der Waals surface area contributed by atoms with Crippen molar-refractivity contribution in [3.05, 3.63) is 146 Å². The molecule has 2 aromatic carbocycles. The smallest absolute Gasteiger partial charge is 0.138 e. The van der Waals surface area contributed by atoms with Gasteiger partial charge in [-0.25, -0.2) is 19.9 Å². The summed E-state index contributed by atoms with van der Waals surface area (Å²) in [7, 11) is 0. The molecule has 0 N–H and O–H groups in total. The molecule has 38 heavy (non-hydrogen) atoms. The summed E-state index contributed by atoms with van der Waals surface area (Å²) in [6.45, 7) is 0. The second kappa shape index (κ2) is 10.7. The van der Waals surface area contributed by atoms with E-state index in [0.29, 0.717) is 0 Å². The van der Waals surface area contributed by atoms with E-state index in [9.17, 15) is 0 Å². The number of hydrogen-bond donors (Lipinski definition) is 0. The highest BCUT2D eigenvalue weighted by Gasteiger charge is 2.17. The van der Waals surface area contributed by atoms with Crippen LogP contribution < -0.4 is 9.80 Å². The van der Waals surface area contributed by atoms with Gasteiger partial charge in [-0.15, -0.1) is 0 Å². The first kappa shape index (κ1) is 23.1. The van der Waals surface area contributed by atoms with Crippen molar-refractivity contribution in [3.63, 3.8) is 0 Å². The lowest BCUT2D eigenvalue weighted by molar-refractivity contribution is 1.12. The van der Waals surface area contributed by atoms with Gasteiger partial charge in [-0.3, -0.25) is 9.80 Å². The predicted molar refractivity (Wildman–Crippen MR) is 152 cm³/mol. The van der Waals surface area contributed by atoms with Crippen LogP contribution in [0.5, 0.6) is 0 Å². The lowest BCUT2D eigenvalue weighted by atomic mass is 10.0. The fourth-order valence-corrected chi connectivity index (χ4v) is 4.36. The van der Waals surface area contributed by atoms with Crippen molar-refractivity contribution in [2.24, 2.45) is 0 Å². The van der Waals surface area contributed by atoms with E-state index in [2.05, 4.69) is 78.3 Å². The monoisotopic (exact) mass is 492 g/mol. The molecular weight excluding hydrogens is 468 g/mol. The standard InChI is InChI=1S/C32H24N6/c1-5-19-33-29(15-1)37(30-16-2-6-20-34-30)27-13-9-11-25(23-27)26-12-10-14-28(24-26)38(31-17-3-7-21-35-31)32-18-4-8-22-36-32/h1-24H. The Morgan fingerprint density at radius 3 is 0.974 bits per heavy atom. The Bertz CT molecular complexity index is 1410. The number of hydrogen-bond acceptors (Lipinski definition) is 6. The van der Waals surface area contributed by atoms with Crippen LogP contribution in [0.4, 0.5) is 34.6 Å². The summed E-state index contributed by atoms with van der Waals surface area (Å²) in [5.41, 5.74) is 4.08. The first-order valence-electron chi connectivity index (χ1n) is 12.3. The molecule has 0 amide bonds. The maximum absolute atomic E-state index is 4.60. The van der Waals surface area contributed by atoms with Gasteiger partial charge in [0, 0.05) is 36.2 Å². The van der Waals surface area contributed by atoms with Crippen LogP contribution >= 0.6 is 0 Å². The van der Waals surface area contributed by atoms with E-state index in [4.69, 9.17) is 0 Å². The lowest BCUT2D eigenvalue weighted by Gasteiger charge is -2.24. The molecule has 4 heterocycles. The van der Waals surface area contributed by atoms with Crippen LogP contribution in [0, 0.1) is 0 Å². The van der Waals surface area contributed by atoms with Crippen molar-refractivity contribution in [2.75, 3.05) is 9.80 Å². The third-order valence-corrected chi connectivity index (χ3v) is 6.06. The average Bonchev–Trinajstić information content (AvgIpc) is 3.00. The van der Waals surface area contributed by atoms with Gasteiger partial charge in [0.2, 0.25) is 0 Å². The van der Waals surface area contributed by atoms with Crippen LogP contribution in [0.2, 0.25) is 0 Å². The second-order valence-electron chi connectivity index (χ2n) is 8.52. The van der Waals surface area contributed by atoms with Gasteiger partial charge in [0.05, 0.1) is 0 Å². The van der Waals surface area contributed by atoms with Gasteiger partial charge in [-0.05, 0) is 83.9 Å². The highest BCUT2D eigenvalue weighted by atomic mass is 15.2. The molecule has 0 aliphatic carbocycles. The van der Waals surface area contributed by atoms with Crippen LogP contribution in [0.15, 0.2) is 146 Å². The molecule has 4 aromatic heterocycles. The molecule has 0 atom stereocenters. The normalized spacial score (nSPS) is 10.6. The van der Waals surface area contributed by atoms with Crippen LogP contribution in [-0.2, 0) is 0 Å². The van der Waals surface area contributed by atoms with Crippen LogP contribution in [-0.4, -0.2) is 19.9 Å². The molecule has 6 aromatic rings. The van der Waals surface area contributed by atoms with E-state index in [1.54, 1.807) is 24.8 Å². The first-order valence-corrected chi connectivity index (χ1v) is 12.3. The van der Waals surface area contributed by atoms with Crippen LogP contribution in [0.1, 0.15) is 0 Å². The number of benzene rings is 2. The zero-order chi connectivity index (χ0) is 25.6. The number of anilines is 6. The number of pyridine rings is 4. The van der Waals surface area contributed by atoms with Crippen LogP contribution in [0.25, 0.3) is 11.1 Å². The minimum absolute atomic E-state index is 0.800. The van der Waals surface area contributed by atoms with E-state index in [0.717, 1.165) is 45.8 Å². The number of rotatable bonds is 7. The summed E-state index contributed by atoms with van der Waals surface area (Å²) in [6, 6.07) is 40.3. The average molecular weight is 493 g/mol. The van der Waals surface area contributed by atoms with E-state index < -0.39 is 0 Å². The summed E-state index contributed by atoms with van der Waals surface area (Å²) < 4.78 is 0. The van der Waals surface area contributed by atoms with Gasteiger partial charge < -0.3 is 0 Å². The zero-order valence-electron chi connectivity index (χ0n) is 20.5. The van der Waals surface area contributed by atoms with Crippen molar-refractivity contribution in [1.82, 2.24) is 19.9 Å². The largest absolute Gasteiger partial charge is 0.279 e. The van der Waals surface area contributed by atoms with Crippen molar-refractivity contribution in [3.8, 4) is 11.1 Å². The van der Waals surface area contributed by atoms with Gasteiger partial charge in [0.15, 0.2) is 0 Å². The molecule has 0 aliphatic rings. The molecular formula is C32H24N6. The quantitative estimate of drug-likeness (QED) is 0.226. The maximum Gasteiger partial charge on any atom is 0.138 e. The van der Waals surface area contributed by atoms with E-state index >= 15 is 0 Å². The Labute approximate surface area is 221 Å². The highest BCUT2D eigenvalue weighted by Crippen LogP contribution is 2.37. The van der Waals surface area contributed by atoms with Gasteiger partial charge in [0.25, 0.3) is 0 Å². The lowest BCUT2D eigenvalue weighted by Crippen LogP contribution is -2.13. The van der Waals surface area contributed by atoms with E-state index in [-0.39, 0.29) is 0 Å². The summed E-state index contributed by atoms with van der Waals surface area (Å²) >= 11 is 0. The Morgan fingerprint density at radius 1 is 0.342 bits per heavy atom. The summed E-state index contributed by atoms with van der Waals surface area (Å²) in [4.78, 5) is 22.5. The molecule has 0 saturated carbocycles. The Hall–Kier alpha value is -5.36. The number of nitrogens with zero attached hydrogens (tertiary/aromatic N) is 6. The molecule has 6 rings (SSSR count). The third-order valence-electron chi connectivity index (χ3n) is 6.06. The van der Waals surface area contributed by atoms with Gasteiger partial charge in [-0.2, -0.15) is 0 Å². The zero-order valence-corrected chi connectivity index (χ0v) is 20.5. The van der Waals surface area contributed by atoms with Gasteiger partial charge >= 0.3 is 0 Å². The Balaban J connectivity index is 1.43. The molecule has 6 heteroatoms. The fourth-order valence-electron chi connectivity index (χ4n) is 4.36. The molecule has 6 nitrogen and oxygen atoms in total. The summed E-state index contributed by atoms with van der Waals surface area (Å²) in [5.74, 6) is 3.20. The van der Waals surface area contributed by atoms with Crippen LogP contribution in [0.3, 0.4) is 0 Å². The molecule has 0 saturated heterocycles. The molecule has 0 fully saturated rings. The van der Waals surface area contributed by atoms with E-state index in [1.807, 2.05) is 72.8 Å². The minimum Gasteiger partial charge on any atom is -0.279 e. The molecule has 0 radical (unpaired) electrons. The first-order chi connectivity index (χ1) is 18.9. The molecule has 0 unspecified atom stereocenters. The molecule has 0 spiro atoms. The Kier molecular flexibility index (Phi) is 6.51. The Morgan fingerprint density at radius 2 is 0.684 bits per heavy atom. The predicted octanol–water partition coefficient (Wildman–Crippen LogP) is 7.87. The minimum atomic E-state index is 0.800. The maximum atomic E-state index is 4.60. The van der Waals surface area contributed by atoms with Crippen molar-refractivity contribution < 1.29 is 0 Å². The second-order valence-corrected chi connectivity index (χ2v) is 8.52. The SMILES string of the molecule is c1ccc(N(c2cccc(-c3cccc(N(c4ccccn4)c4ccccn4)c3)c2)c2ccccn2)nc1. The van der Waals surface area contributed by atoms with Crippen molar-refractivity contribution >= 4 is 34.6 Å². The molecule has 0 bridgehead atoms. The number of aromatic nitrogens is 4. The van der Waals surface area contributed by atoms with Crippen molar-refractivity contribution in [2.45, 2.75) is 0 Å². The van der Waals surface area contributed by atoms with E-state index in [1.165, 1.54) is 0 Å². The molecule has 0 aliphatic heterocycles. The third kappa shape index (κ3) is 4.83. The fraction of sp³-hybridized carbons (Fsp3) is 0. The highest BCUT2D eigenvalue weighted by molar-refractivity contribution is 5.80.